The first-order valence-electron chi connectivity index (χ1n) is 7.68. The largest absolute Gasteiger partial charge is 0.478 e. The molecule has 0 atom stereocenters. The molecule has 0 bridgehead atoms. The number of imidazole rings is 1. The number of carboxylic acids is 1. The molecule has 0 aliphatic heterocycles. The molecule has 0 saturated heterocycles. The van der Waals surface area contributed by atoms with Gasteiger partial charge in [0.05, 0.1) is 11.9 Å². The molecule has 0 radical (unpaired) electrons. The van der Waals surface area contributed by atoms with Crippen molar-refractivity contribution in [1.29, 1.82) is 0 Å². The molecule has 122 valence electrons. The van der Waals surface area contributed by atoms with Crippen LogP contribution in [0.1, 0.15) is 32.7 Å². The van der Waals surface area contributed by atoms with E-state index in [2.05, 4.69) is 9.97 Å². The Balaban J connectivity index is 1.80. The van der Waals surface area contributed by atoms with Gasteiger partial charge in [0, 0.05) is 23.3 Å². The number of rotatable bonds is 6. The van der Waals surface area contributed by atoms with Gasteiger partial charge in [-0.05, 0) is 47.7 Å². The van der Waals surface area contributed by atoms with Crippen molar-refractivity contribution in [2.24, 2.45) is 0 Å². The average Bonchev–Trinajstić information content (AvgIpc) is 3.07. The lowest BCUT2D eigenvalue weighted by Gasteiger charge is -2.09. The van der Waals surface area contributed by atoms with Crippen LogP contribution in [0.25, 0.3) is 0 Å². The summed E-state index contributed by atoms with van der Waals surface area (Å²) in [5.74, 6) is -0.894. The van der Waals surface area contributed by atoms with E-state index in [9.17, 15) is 9.90 Å². The quantitative estimate of drug-likeness (QED) is 0.708. The molecule has 2 aromatic carbocycles. The number of hydrogen-bond donors (Lipinski definition) is 2. The van der Waals surface area contributed by atoms with Crippen molar-refractivity contribution < 1.29 is 9.90 Å². The van der Waals surface area contributed by atoms with E-state index in [1.807, 2.05) is 36.4 Å². The number of hydrogen-bond acceptors (Lipinski definition) is 2. The Labute approximate surface area is 145 Å². The van der Waals surface area contributed by atoms with Crippen LogP contribution in [0.3, 0.4) is 0 Å². The molecular formula is C19H17ClN2O2. The summed E-state index contributed by atoms with van der Waals surface area (Å²) in [6.07, 6.45) is 5.56. The minimum atomic E-state index is -0.894. The SMILES string of the molecule is O=C(O)c1ccc(Cc2cnc[nH]2)cc1CCc1ccc(Cl)cc1. The summed E-state index contributed by atoms with van der Waals surface area (Å²) in [5.41, 5.74) is 4.40. The number of carboxylic acid groups (broad SMARTS) is 1. The molecule has 1 aromatic heterocycles. The van der Waals surface area contributed by atoms with E-state index in [0.717, 1.165) is 28.8 Å². The van der Waals surface area contributed by atoms with Gasteiger partial charge in [0.1, 0.15) is 0 Å². The fourth-order valence-corrected chi connectivity index (χ4v) is 2.83. The molecule has 24 heavy (non-hydrogen) atoms. The lowest BCUT2D eigenvalue weighted by Crippen LogP contribution is -2.05. The first kappa shape index (κ1) is 16.3. The normalized spacial score (nSPS) is 10.7. The van der Waals surface area contributed by atoms with E-state index in [1.54, 1.807) is 18.6 Å². The minimum Gasteiger partial charge on any atom is -0.478 e. The topological polar surface area (TPSA) is 66.0 Å². The standard InChI is InChI=1S/C19H17ClN2O2/c20-16-6-2-13(3-7-16)1-5-15-9-14(4-8-18(15)19(23)24)10-17-11-21-12-22-17/h2-4,6-9,11-12H,1,5,10H2,(H,21,22)(H,23,24). The summed E-state index contributed by atoms with van der Waals surface area (Å²) < 4.78 is 0. The molecule has 1 heterocycles. The Bertz CT molecular complexity index is 827. The Hall–Kier alpha value is -2.59. The van der Waals surface area contributed by atoms with Crippen LogP contribution in [0.4, 0.5) is 0 Å². The molecular weight excluding hydrogens is 324 g/mol. The first-order chi connectivity index (χ1) is 11.6. The highest BCUT2D eigenvalue weighted by molar-refractivity contribution is 6.30. The third-order valence-electron chi connectivity index (χ3n) is 3.95. The number of H-pyrrole nitrogens is 1. The molecule has 0 aliphatic carbocycles. The van der Waals surface area contributed by atoms with Gasteiger partial charge in [-0.3, -0.25) is 0 Å². The van der Waals surface area contributed by atoms with E-state index >= 15 is 0 Å². The predicted octanol–water partition coefficient (Wildman–Crippen LogP) is 4.14. The lowest BCUT2D eigenvalue weighted by atomic mass is 9.96. The Morgan fingerprint density at radius 3 is 2.50 bits per heavy atom. The van der Waals surface area contributed by atoms with Gasteiger partial charge in [-0.25, -0.2) is 9.78 Å². The average molecular weight is 341 g/mol. The monoisotopic (exact) mass is 340 g/mol. The van der Waals surface area contributed by atoms with Crippen molar-refractivity contribution >= 4 is 17.6 Å². The van der Waals surface area contributed by atoms with Gasteiger partial charge < -0.3 is 10.1 Å². The van der Waals surface area contributed by atoms with Crippen molar-refractivity contribution in [2.75, 3.05) is 0 Å². The van der Waals surface area contributed by atoms with E-state index in [1.165, 1.54) is 0 Å². The van der Waals surface area contributed by atoms with E-state index in [-0.39, 0.29) is 0 Å². The van der Waals surface area contributed by atoms with Crippen LogP contribution in [-0.2, 0) is 19.3 Å². The van der Waals surface area contributed by atoms with Crippen LogP contribution in [0.15, 0.2) is 55.0 Å². The second-order valence-electron chi connectivity index (χ2n) is 5.68. The molecule has 4 nitrogen and oxygen atoms in total. The first-order valence-corrected chi connectivity index (χ1v) is 8.06. The Morgan fingerprint density at radius 1 is 1.08 bits per heavy atom. The van der Waals surface area contributed by atoms with Crippen LogP contribution in [-0.4, -0.2) is 21.0 Å². The van der Waals surface area contributed by atoms with Gasteiger partial charge in [0.25, 0.3) is 0 Å². The molecule has 0 fully saturated rings. The predicted molar refractivity (Wildman–Crippen MR) is 93.7 cm³/mol. The van der Waals surface area contributed by atoms with Crippen LogP contribution in [0.2, 0.25) is 5.02 Å². The highest BCUT2D eigenvalue weighted by Gasteiger charge is 2.11. The summed E-state index contributed by atoms with van der Waals surface area (Å²) in [6, 6.07) is 13.2. The zero-order valence-corrected chi connectivity index (χ0v) is 13.8. The summed E-state index contributed by atoms with van der Waals surface area (Å²) in [5, 5.41) is 10.1. The smallest absolute Gasteiger partial charge is 0.335 e. The third-order valence-corrected chi connectivity index (χ3v) is 4.20. The minimum absolute atomic E-state index is 0.359. The second-order valence-corrected chi connectivity index (χ2v) is 6.11. The lowest BCUT2D eigenvalue weighted by molar-refractivity contribution is 0.0695. The van der Waals surface area contributed by atoms with Crippen molar-refractivity contribution in [3.05, 3.63) is 88.0 Å². The summed E-state index contributed by atoms with van der Waals surface area (Å²) in [7, 11) is 0. The van der Waals surface area contributed by atoms with Crippen LogP contribution < -0.4 is 0 Å². The van der Waals surface area contributed by atoms with Crippen molar-refractivity contribution in [2.45, 2.75) is 19.3 Å². The molecule has 0 aliphatic rings. The maximum absolute atomic E-state index is 11.5. The zero-order valence-electron chi connectivity index (χ0n) is 13.0. The number of nitrogens with zero attached hydrogens (tertiary/aromatic N) is 1. The number of carbonyl (C=O) groups is 1. The van der Waals surface area contributed by atoms with Gasteiger partial charge >= 0.3 is 5.97 Å². The fourth-order valence-electron chi connectivity index (χ4n) is 2.70. The Kier molecular flexibility index (Phi) is 4.96. The maximum atomic E-state index is 11.5. The van der Waals surface area contributed by atoms with E-state index in [0.29, 0.717) is 23.4 Å². The molecule has 5 heteroatoms. The fraction of sp³-hybridized carbons (Fsp3) is 0.158. The van der Waals surface area contributed by atoms with Crippen molar-refractivity contribution in [3.63, 3.8) is 0 Å². The van der Waals surface area contributed by atoms with E-state index in [4.69, 9.17) is 11.6 Å². The van der Waals surface area contributed by atoms with Gasteiger partial charge in [-0.2, -0.15) is 0 Å². The summed E-state index contributed by atoms with van der Waals surface area (Å²) in [6.45, 7) is 0. The number of aromatic carboxylic acids is 1. The summed E-state index contributed by atoms with van der Waals surface area (Å²) >= 11 is 5.90. The zero-order chi connectivity index (χ0) is 16.9. The summed E-state index contributed by atoms with van der Waals surface area (Å²) in [4.78, 5) is 18.5. The number of nitrogens with one attached hydrogen (secondary N) is 1. The third kappa shape index (κ3) is 4.03. The number of aromatic amines is 1. The molecule has 0 unspecified atom stereocenters. The molecule has 3 aromatic rings. The number of aryl methyl sites for hydroxylation is 2. The Morgan fingerprint density at radius 2 is 1.83 bits per heavy atom. The van der Waals surface area contributed by atoms with Gasteiger partial charge in [-0.1, -0.05) is 35.9 Å². The maximum Gasteiger partial charge on any atom is 0.335 e. The molecule has 3 rings (SSSR count). The van der Waals surface area contributed by atoms with Crippen LogP contribution in [0, 0.1) is 0 Å². The molecule has 0 amide bonds. The van der Waals surface area contributed by atoms with Crippen LogP contribution in [0.5, 0.6) is 0 Å². The van der Waals surface area contributed by atoms with Crippen molar-refractivity contribution in [1.82, 2.24) is 9.97 Å². The number of aromatic nitrogens is 2. The van der Waals surface area contributed by atoms with Gasteiger partial charge in [-0.15, -0.1) is 0 Å². The number of benzene rings is 2. The molecule has 0 spiro atoms. The van der Waals surface area contributed by atoms with Crippen LogP contribution >= 0.6 is 11.6 Å². The number of halogens is 1. The van der Waals surface area contributed by atoms with Crippen molar-refractivity contribution in [3.8, 4) is 0 Å². The van der Waals surface area contributed by atoms with E-state index < -0.39 is 5.97 Å². The second kappa shape index (κ2) is 7.32. The highest BCUT2D eigenvalue weighted by atomic mass is 35.5. The van der Waals surface area contributed by atoms with Gasteiger partial charge in [0.15, 0.2) is 0 Å². The highest BCUT2D eigenvalue weighted by Crippen LogP contribution is 2.18. The molecule has 2 N–H and O–H groups in total. The van der Waals surface area contributed by atoms with Gasteiger partial charge in [0.2, 0.25) is 0 Å². The molecule has 0 saturated carbocycles.